The van der Waals surface area contributed by atoms with Gasteiger partial charge in [0.2, 0.25) is 10.0 Å². The third-order valence-corrected chi connectivity index (χ3v) is 6.01. The van der Waals surface area contributed by atoms with E-state index in [2.05, 4.69) is 9.71 Å². The average molecular weight is 381 g/mol. The fraction of sp³-hybridized carbons (Fsp3) is 0.118. The Morgan fingerprint density at radius 1 is 0.958 bits per heavy atom. The van der Waals surface area contributed by atoms with Crippen LogP contribution in [0.25, 0.3) is 10.9 Å². The highest BCUT2D eigenvalue weighted by molar-refractivity contribution is 7.89. The second-order valence-corrected chi connectivity index (χ2v) is 7.71. The predicted molar refractivity (Wildman–Crippen MR) is 97.1 cm³/mol. The van der Waals surface area contributed by atoms with Gasteiger partial charge < -0.3 is 0 Å². The number of nitrogens with one attached hydrogen (secondary N) is 1. The van der Waals surface area contributed by atoms with Crippen molar-refractivity contribution < 1.29 is 8.42 Å². The van der Waals surface area contributed by atoms with E-state index in [0.717, 1.165) is 16.5 Å². The lowest BCUT2D eigenvalue weighted by atomic mass is 10.1. The molecule has 0 bridgehead atoms. The highest BCUT2D eigenvalue weighted by atomic mass is 35.5. The molecule has 0 aliphatic rings. The van der Waals surface area contributed by atoms with Gasteiger partial charge in [-0.1, -0.05) is 53.5 Å². The number of hydrogen-bond donors (Lipinski definition) is 1. The maximum absolute atomic E-state index is 12.4. The molecule has 2 aromatic carbocycles. The van der Waals surface area contributed by atoms with Crippen molar-refractivity contribution in [3.05, 3.63) is 70.3 Å². The molecule has 24 heavy (non-hydrogen) atoms. The molecule has 0 atom stereocenters. The zero-order chi connectivity index (χ0) is 17.2. The summed E-state index contributed by atoms with van der Waals surface area (Å²) in [6.07, 6.45) is 2.23. The normalized spacial score (nSPS) is 11.8. The van der Waals surface area contributed by atoms with Crippen molar-refractivity contribution in [1.29, 1.82) is 0 Å². The largest absolute Gasteiger partial charge is 0.256 e. The zero-order valence-corrected chi connectivity index (χ0v) is 14.9. The minimum atomic E-state index is -3.78. The van der Waals surface area contributed by atoms with Crippen LogP contribution in [0.4, 0.5) is 0 Å². The third kappa shape index (κ3) is 3.54. The first-order chi connectivity index (χ1) is 11.5. The summed E-state index contributed by atoms with van der Waals surface area (Å²) in [6, 6.07) is 14.3. The fourth-order valence-corrected chi connectivity index (χ4v) is 4.67. The molecule has 0 fully saturated rings. The van der Waals surface area contributed by atoms with Gasteiger partial charge >= 0.3 is 0 Å². The van der Waals surface area contributed by atoms with E-state index in [1.54, 1.807) is 12.3 Å². The van der Waals surface area contributed by atoms with E-state index in [4.69, 9.17) is 23.2 Å². The molecule has 0 amide bonds. The number of rotatable bonds is 5. The topological polar surface area (TPSA) is 59.1 Å². The van der Waals surface area contributed by atoms with E-state index in [1.807, 2.05) is 30.3 Å². The van der Waals surface area contributed by atoms with Gasteiger partial charge in [-0.25, -0.2) is 13.1 Å². The van der Waals surface area contributed by atoms with Crippen LogP contribution in [-0.4, -0.2) is 19.9 Å². The zero-order valence-electron chi connectivity index (χ0n) is 12.5. The van der Waals surface area contributed by atoms with Crippen LogP contribution < -0.4 is 4.72 Å². The van der Waals surface area contributed by atoms with Gasteiger partial charge in [0.25, 0.3) is 0 Å². The van der Waals surface area contributed by atoms with Crippen molar-refractivity contribution in [3.8, 4) is 0 Å². The lowest BCUT2D eigenvalue weighted by molar-refractivity contribution is 0.582. The van der Waals surface area contributed by atoms with Gasteiger partial charge in [-0.05, 0) is 30.2 Å². The molecule has 1 N–H and O–H groups in total. The summed E-state index contributed by atoms with van der Waals surface area (Å²) >= 11 is 11.9. The van der Waals surface area contributed by atoms with Crippen LogP contribution in [-0.2, 0) is 16.4 Å². The summed E-state index contributed by atoms with van der Waals surface area (Å²) in [5, 5.41) is 1.22. The summed E-state index contributed by atoms with van der Waals surface area (Å²) < 4.78 is 27.4. The number of nitrogens with zero attached hydrogens (tertiary/aromatic N) is 1. The highest BCUT2D eigenvalue weighted by Crippen LogP contribution is 2.28. The second-order valence-electron chi connectivity index (χ2n) is 5.19. The fourth-order valence-electron chi connectivity index (χ4n) is 2.50. The Bertz CT molecular complexity index is 965. The molecule has 3 rings (SSSR count). The number of hydrogen-bond acceptors (Lipinski definition) is 3. The molecule has 0 saturated carbocycles. The molecular formula is C17H14Cl2N2O2S. The molecule has 1 aromatic heterocycles. The Kier molecular flexibility index (Phi) is 5.06. The summed E-state index contributed by atoms with van der Waals surface area (Å²) in [6.45, 7) is 0.222. The Hall–Kier alpha value is -1.66. The maximum atomic E-state index is 12.4. The van der Waals surface area contributed by atoms with Crippen LogP contribution in [0.3, 0.4) is 0 Å². The summed E-state index contributed by atoms with van der Waals surface area (Å²) in [5.74, 6) is 0. The first-order valence-electron chi connectivity index (χ1n) is 7.25. The lowest BCUT2D eigenvalue weighted by Gasteiger charge is -2.10. The monoisotopic (exact) mass is 380 g/mol. The van der Waals surface area contributed by atoms with Gasteiger partial charge in [0.1, 0.15) is 4.90 Å². The number of fused-ring (bicyclic) bond motifs is 1. The van der Waals surface area contributed by atoms with Crippen LogP contribution in [0, 0.1) is 0 Å². The number of benzene rings is 2. The predicted octanol–water partition coefficient (Wildman–Crippen LogP) is 4.06. The summed E-state index contributed by atoms with van der Waals surface area (Å²) in [5.41, 5.74) is 1.84. The Labute approximate surface area is 150 Å². The quantitative estimate of drug-likeness (QED) is 0.725. The minimum Gasteiger partial charge on any atom is -0.256 e. The number of aromatic nitrogens is 1. The van der Waals surface area contributed by atoms with Gasteiger partial charge in [-0.15, -0.1) is 0 Å². The average Bonchev–Trinajstić information content (AvgIpc) is 2.54. The van der Waals surface area contributed by atoms with E-state index < -0.39 is 10.0 Å². The molecule has 0 aliphatic heterocycles. The van der Waals surface area contributed by atoms with E-state index in [1.165, 1.54) is 12.1 Å². The molecule has 0 spiro atoms. The first kappa shape index (κ1) is 17.2. The summed E-state index contributed by atoms with van der Waals surface area (Å²) in [7, 11) is -3.78. The highest BCUT2D eigenvalue weighted by Gasteiger charge is 2.21. The number of pyridine rings is 1. The van der Waals surface area contributed by atoms with E-state index >= 15 is 0 Å². The molecule has 1 heterocycles. The van der Waals surface area contributed by atoms with Crippen LogP contribution >= 0.6 is 23.2 Å². The van der Waals surface area contributed by atoms with Crippen LogP contribution in [0.5, 0.6) is 0 Å². The number of sulfonamides is 1. The van der Waals surface area contributed by atoms with Crippen LogP contribution in [0.15, 0.2) is 59.6 Å². The SMILES string of the molecule is O=S(=O)(NCCc1cccc2cccnc12)c1c(Cl)cccc1Cl. The smallest absolute Gasteiger partial charge is 0.243 e. The van der Waals surface area contributed by atoms with Crippen molar-refractivity contribution in [3.63, 3.8) is 0 Å². The molecule has 124 valence electrons. The molecule has 0 unspecified atom stereocenters. The number of para-hydroxylation sites is 1. The Morgan fingerprint density at radius 3 is 2.38 bits per heavy atom. The van der Waals surface area contributed by atoms with E-state index in [9.17, 15) is 8.42 Å². The Morgan fingerprint density at radius 2 is 1.62 bits per heavy atom. The van der Waals surface area contributed by atoms with E-state index in [-0.39, 0.29) is 21.5 Å². The Balaban J connectivity index is 1.78. The minimum absolute atomic E-state index is 0.0932. The van der Waals surface area contributed by atoms with Crippen LogP contribution in [0.1, 0.15) is 5.56 Å². The number of halogens is 2. The van der Waals surface area contributed by atoms with Crippen molar-refractivity contribution >= 4 is 44.1 Å². The van der Waals surface area contributed by atoms with Crippen molar-refractivity contribution in [1.82, 2.24) is 9.71 Å². The molecule has 4 nitrogen and oxygen atoms in total. The molecule has 0 aliphatic carbocycles. The third-order valence-electron chi connectivity index (χ3n) is 3.59. The van der Waals surface area contributed by atoms with Crippen molar-refractivity contribution in [2.45, 2.75) is 11.3 Å². The second kappa shape index (κ2) is 7.07. The van der Waals surface area contributed by atoms with Crippen molar-refractivity contribution in [2.75, 3.05) is 6.54 Å². The molecule has 3 aromatic rings. The molecule has 7 heteroatoms. The first-order valence-corrected chi connectivity index (χ1v) is 9.49. The lowest BCUT2D eigenvalue weighted by Crippen LogP contribution is -2.26. The van der Waals surface area contributed by atoms with Gasteiger partial charge in [0.15, 0.2) is 0 Å². The van der Waals surface area contributed by atoms with Gasteiger partial charge in [0.05, 0.1) is 15.6 Å². The molecule has 0 radical (unpaired) electrons. The summed E-state index contributed by atoms with van der Waals surface area (Å²) in [4.78, 5) is 4.27. The van der Waals surface area contributed by atoms with Crippen molar-refractivity contribution in [2.24, 2.45) is 0 Å². The maximum Gasteiger partial charge on any atom is 0.243 e. The standard InChI is InChI=1S/C17H14Cl2N2O2S/c18-14-7-2-8-15(19)17(14)24(22,23)21-11-9-13-5-1-4-12-6-3-10-20-16(12)13/h1-8,10,21H,9,11H2. The van der Waals surface area contributed by atoms with E-state index in [0.29, 0.717) is 6.42 Å². The molecule has 0 saturated heterocycles. The van der Waals surface area contributed by atoms with Crippen LogP contribution in [0.2, 0.25) is 10.0 Å². The van der Waals surface area contributed by atoms with Gasteiger partial charge in [-0.3, -0.25) is 4.98 Å². The molecular weight excluding hydrogens is 367 g/mol. The van der Waals surface area contributed by atoms with Gasteiger partial charge in [-0.2, -0.15) is 0 Å². The van der Waals surface area contributed by atoms with Gasteiger partial charge in [0, 0.05) is 18.1 Å².